The van der Waals surface area contributed by atoms with Gasteiger partial charge < -0.3 is 16.2 Å². The topological polar surface area (TPSA) is 92.4 Å². The number of hydrogen-bond acceptors (Lipinski definition) is 3. The van der Waals surface area contributed by atoms with Gasteiger partial charge in [0.25, 0.3) is 5.91 Å². The maximum atomic E-state index is 13.2. The number of benzene rings is 4. The molecule has 4 rings (SSSR count). The van der Waals surface area contributed by atoms with Crippen LogP contribution in [0.25, 0.3) is 21.5 Å². The van der Waals surface area contributed by atoms with Crippen LogP contribution in [-0.4, -0.2) is 16.9 Å². The van der Waals surface area contributed by atoms with Crippen molar-refractivity contribution in [2.75, 3.05) is 5.32 Å². The average Bonchev–Trinajstić information content (AvgIpc) is 2.85. The second-order valence-electron chi connectivity index (χ2n) is 9.10. The first-order chi connectivity index (χ1) is 17.0. The number of hydrogen-bond donors (Lipinski definition) is 3. The summed E-state index contributed by atoms with van der Waals surface area (Å²) in [5.41, 5.74) is 7.58. The minimum Gasteiger partial charge on any atom is -0.506 e. The Labute approximate surface area is 206 Å². The van der Waals surface area contributed by atoms with E-state index in [1.54, 1.807) is 18.2 Å². The van der Waals surface area contributed by atoms with Crippen molar-refractivity contribution in [3.63, 3.8) is 0 Å². The van der Waals surface area contributed by atoms with Crippen LogP contribution in [0.3, 0.4) is 0 Å². The maximum absolute atomic E-state index is 13.2. The summed E-state index contributed by atoms with van der Waals surface area (Å²) >= 11 is 0. The second-order valence-corrected chi connectivity index (χ2v) is 9.10. The Morgan fingerprint density at radius 2 is 1.54 bits per heavy atom. The van der Waals surface area contributed by atoms with E-state index in [1.807, 2.05) is 42.5 Å². The first-order valence-electron chi connectivity index (χ1n) is 12.4. The molecule has 2 amide bonds. The first-order valence-corrected chi connectivity index (χ1v) is 12.4. The molecule has 35 heavy (non-hydrogen) atoms. The van der Waals surface area contributed by atoms with Gasteiger partial charge >= 0.3 is 0 Å². The predicted molar refractivity (Wildman–Crippen MR) is 143 cm³/mol. The van der Waals surface area contributed by atoms with Gasteiger partial charge in [0.05, 0.1) is 16.8 Å². The van der Waals surface area contributed by atoms with Crippen LogP contribution in [-0.2, 0) is 6.42 Å². The van der Waals surface area contributed by atoms with Crippen molar-refractivity contribution in [1.82, 2.24) is 0 Å². The summed E-state index contributed by atoms with van der Waals surface area (Å²) in [7, 11) is 0. The highest BCUT2D eigenvalue weighted by Crippen LogP contribution is 2.31. The number of rotatable bonds is 10. The third kappa shape index (κ3) is 5.62. The number of carbonyl (C=O) groups excluding carboxylic acids is 2. The molecule has 4 aromatic carbocycles. The van der Waals surface area contributed by atoms with E-state index in [2.05, 4.69) is 18.3 Å². The number of fused-ring (bicyclic) bond motifs is 2. The number of nitrogens with two attached hydrogens (primary N) is 1. The number of nitrogens with one attached hydrogen (secondary N) is 1. The normalized spacial score (nSPS) is 11.1. The molecule has 5 heteroatoms. The lowest BCUT2D eigenvalue weighted by atomic mass is 9.95. The van der Waals surface area contributed by atoms with Crippen LogP contribution in [0, 0.1) is 0 Å². The molecule has 0 aliphatic rings. The Balaban J connectivity index is 1.57. The Hall–Kier alpha value is -3.86. The number of phenols is 1. The van der Waals surface area contributed by atoms with Crippen LogP contribution in [0.4, 0.5) is 5.69 Å². The van der Waals surface area contributed by atoms with Gasteiger partial charge in [-0.05, 0) is 58.1 Å². The molecule has 4 aromatic rings. The molecule has 0 unspecified atom stereocenters. The van der Waals surface area contributed by atoms with Crippen LogP contribution >= 0.6 is 0 Å². The molecular weight excluding hydrogens is 436 g/mol. The summed E-state index contributed by atoms with van der Waals surface area (Å²) in [5.74, 6) is -1.20. The minimum atomic E-state index is -0.660. The summed E-state index contributed by atoms with van der Waals surface area (Å²) in [4.78, 5) is 25.6. The Morgan fingerprint density at radius 3 is 2.29 bits per heavy atom. The van der Waals surface area contributed by atoms with Crippen molar-refractivity contribution in [2.24, 2.45) is 5.73 Å². The molecule has 0 saturated carbocycles. The van der Waals surface area contributed by atoms with Gasteiger partial charge in [0.15, 0.2) is 0 Å². The third-order valence-corrected chi connectivity index (χ3v) is 6.51. The highest BCUT2D eigenvalue weighted by molar-refractivity contribution is 6.18. The van der Waals surface area contributed by atoms with Crippen LogP contribution in [0.15, 0.2) is 66.7 Å². The number of carbonyl (C=O) groups is 2. The maximum Gasteiger partial charge on any atom is 0.256 e. The van der Waals surface area contributed by atoms with Crippen molar-refractivity contribution in [2.45, 2.75) is 51.9 Å². The molecule has 0 bridgehead atoms. The van der Waals surface area contributed by atoms with E-state index in [0.717, 1.165) is 29.0 Å². The van der Waals surface area contributed by atoms with E-state index in [1.165, 1.54) is 37.7 Å². The smallest absolute Gasteiger partial charge is 0.256 e. The van der Waals surface area contributed by atoms with Gasteiger partial charge in [-0.25, -0.2) is 0 Å². The molecule has 4 N–H and O–H groups in total. The van der Waals surface area contributed by atoms with E-state index in [-0.39, 0.29) is 22.6 Å². The molecule has 180 valence electrons. The molecule has 0 fully saturated rings. The van der Waals surface area contributed by atoms with Crippen molar-refractivity contribution >= 4 is 39.0 Å². The largest absolute Gasteiger partial charge is 0.506 e. The Morgan fingerprint density at radius 1 is 0.829 bits per heavy atom. The number of unbranched alkanes of at least 4 members (excludes halogenated alkanes) is 5. The summed E-state index contributed by atoms with van der Waals surface area (Å²) in [6.45, 7) is 2.22. The van der Waals surface area contributed by atoms with Gasteiger partial charge in [0.1, 0.15) is 5.75 Å². The summed E-state index contributed by atoms with van der Waals surface area (Å²) in [6, 6.07) is 20.3. The van der Waals surface area contributed by atoms with E-state index in [4.69, 9.17) is 5.73 Å². The van der Waals surface area contributed by atoms with Gasteiger partial charge in [0, 0.05) is 0 Å². The highest BCUT2D eigenvalue weighted by Gasteiger charge is 2.20. The van der Waals surface area contributed by atoms with Gasteiger partial charge in [-0.2, -0.15) is 0 Å². The summed E-state index contributed by atoms with van der Waals surface area (Å²) < 4.78 is 0. The standard InChI is InChI=1S/C30H32N2O3/c1-2-3-4-5-6-7-10-20-13-15-24-23(17-20)14-16-25(28(24)29(31)34)30(35)32-26-18-21-11-8-9-12-22(21)19-27(26)33/h8-9,11-19,33H,2-7,10H2,1H3,(H2,31,34)(H,32,35). The fraction of sp³-hybridized carbons (Fsp3) is 0.267. The van der Waals surface area contributed by atoms with Crippen LogP contribution in [0.5, 0.6) is 5.75 Å². The fourth-order valence-corrected chi connectivity index (χ4v) is 4.62. The Kier molecular flexibility index (Phi) is 7.66. The number of anilines is 1. The van der Waals surface area contributed by atoms with E-state index >= 15 is 0 Å². The van der Waals surface area contributed by atoms with E-state index < -0.39 is 11.8 Å². The second kappa shape index (κ2) is 11.0. The molecule has 0 heterocycles. The van der Waals surface area contributed by atoms with Gasteiger partial charge in [-0.3, -0.25) is 9.59 Å². The molecule has 0 atom stereocenters. The lowest BCUT2D eigenvalue weighted by Gasteiger charge is -2.13. The third-order valence-electron chi connectivity index (χ3n) is 6.51. The predicted octanol–water partition coefficient (Wildman–Crippen LogP) is 6.95. The zero-order valence-electron chi connectivity index (χ0n) is 20.1. The fourth-order valence-electron chi connectivity index (χ4n) is 4.62. The number of primary amides is 1. The molecule has 0 spiro atoms. The summed E-state index contributed by atoms with van der Waals surface area (Å²) in [6.07, 6.45) is 8.42. The number of aryl methyl sites for hydroxylation is 1. The van der Waals surface area contributed by atoms with Crippen molar-refractivity contribution in [3.05, 3.63) is 83.4 Å². The van der Waals surface area contributed by atoms with Crippen LogP contribution in [0.2, 0.25) is 0 Å². The molecular formula is C30H32N2O3. The van der Waals surface area contributed by atoms with Gasteiger partial charge in [-0.1, -0.05) is 87.6 Å². The number of amides is 2. The van der Waals surface area contributed by atoms with Crippen LogP contribution < -0.4 is 11.1 Å². The molecule has 5 nitrogen and oxygen atoms in total. The van der Waals surface area contributed by atoms with Gasteiger partial charge in [0.2, 0.25) is 5.91 Å². The van der Waals surface area contributed by atoms with Crippen molar-refractivity contribution in [1.29, 1.82) is 0 Å². The zero-order valence-corrected chi connectivity index (χ0v) is 20.1. The first kappa shape index (κ1) is 24.3. The molecule has 0 aromatic heterocycles. The van der Waals surface area contributed by atoms with Gasteiger partial charge in [-0.15, -0.1) is 0 Å². The number of phenolic OH excluding ortho intramolecular Hbond substituents is 1. The molecule has 0 saturated heterocycles. The minimum absolute atomic E-state index is 0.0437. The average molecular weight is 469 g/mol. The quantitative estimate of drug-likeness (QED) is 0.174. The Bertz CT molecular complexity index is 1380. The van der Waals surface area contributed by atoms with Crippen LogP contribution in [0.1, 0.15) is 71.7 Å². The zero-order chi connectivity index (χ0) is 24.8. The van der Waals surface area contributed by atoms with Crippen molar-refractivity contribution in [3.8, 4) is 5.75 Å². The lowest BCUT2D eigenvalue weighted by molar-refractivity contribution is 0.0978. The monoisotopic (exact) mass is 468 g/mol. The highest BCUT2D eigenvalue weighted by atomic mass is 16.3. The number of aromatic hydroxyl groups is 1. The lowest BCUT2D eigenvalue weighted by Crippen LogP contribution is -2.21. The molecule has 0 aliphatic heterocycles. The summed E-state index contributed by atoms with van der Waals surface area (Å²) in [5, 5.41) is 16.4. The van der Waals surface area contributed by atoms with E-state index in [9.17, 15) is 14.7 Å². The SMILES string of the molecule is CCCCCCCCc1ccc2c(C(N)=O)c(C(=O)Nc3cc4ccccc4cc3O)ccc2c1. The molecule has 0 radical (unpaired) electrons. The van der Waals surface area contributed by atoms with E-state index in [0.29, 0.717) is 5.39 Å². The molecule has 0 aliphatic carbocycles. The van der Waals surface area contributed by atoms with Crippen molar-refractivity contribution < 1.29 is 14.7 Å².